The van der Waals surface area contributed by atoms with Crippen LogP contribution in [0.4, 0.5) is 5.13 Å². The molecule has 0 fully saturated rings. The summed E-state index contributed by atoms with van der Waals surface area (Å²) < 4.78 is 40.6. The highest BCUT2D eigenvalue weighted by atomic mass is 32.2. The summed E-state index contributed by atoms with van der Waals surface area (Å²) in [5, 5.41) is 0.427. The quantitative estimate of drug-likeness (QED) is 0.398. The molecule has 0 aliphatic rings. The van der Waals surface area contributed by atoms with Crippen molar-refractivity contribution in [2.45, 2.75) is 11.4 Å². The van der Waals surface area contributed by atoms with Crippen molar-refractivity contribution in [3.8, 4) is 11.5 Å². The second-order valence-corrected chi connectivity index (χ2v) is 9.90. The Kier molecular flexibility index (Phi) is 5.90. The molecule has 0 bridgehead atoms. The van der Waals surface area contributed by atoms with Crippen LogP contribution in [0.1, 0.15) is 16.1 Å². The van der Waals surface area contributed by atoms with E-state index >= 15 is 0 Å². The summed E-state index contributed by atoms with van der Waals surface area (Å²) in [5.41, 5.74) is 0.902. The molecule has 4 aromatic rings. The maximum absolute atomic E-state index is 13.5. The lowest BCUT2D eigenvalue weighted by Gasteiger charge is -2.19. The Morgan fingerprint density at radius 3 is 2.34 bits per heavy atom. The molecule has 0 atom stereocenters. The van der Waals surface area contributed by atoms with Crippen LogP contribution < -0.4 is 14.4 Å². The highest BCUT2D eigenvalue weighted by Gasteiger charge is 2.25. The van der Waals surface area contributed by atoms with Gasteiger partial charge in [0.2, 0.25) is 0 Å². The first kappa shape index (κ1) is 21.8. The third-order valence-electron chi connectivity index (χ3n) is 4.80. The maximum Gasteiger partial charge on any atom is 0.260 e. The third-order valence-corrected chi connectivity index (χ3v) is 7.02. The zero-order valence-electron chi connectivity index (χ0n) is 17.6. The molecule has 32 heavy (non-hydrogen) atoms. The lowest BCUT2D eigenvalue weighted by Crippen LogP contribution is -2.30. The summed E-state index contributed by atoms with van der Waals surface area (Å²) in [6, 6.07) is 12.9. The summed E-state index contributed by atoms with van der Waals surface area (Å²) in [6.45, 7) is 0.143. The number of benzene rings is 2. The number of anilines is 1. The number of carbonyl (C=O) groups excluding carboxylic acids is 1. The number of amides is 1. The topological polar surface area (TPSA) is 98.9 Å². The molecule has 4 rings (SSSR count). The number of hydrogen-bond donors (Lipinski definition) is 0. The molecular formula is C22H20N2O6S2. The minimum atomic E-state index is -3.37. The molecule has 2 aromatic carbocycles. The van der Waals surface area contributed by atoms with Crippen LogP contribution in [0.15, 0.2) is 64.1 Å². The van der Waals surface area contributed by atoms with Crippen LogP contribution in [0, 0.1) is 0 Å². The van der Waals surface area contributed by atoms with E-state index in [-0.39, 0.29) is 17.3 Å². The minimum absolute atomic E-state index is 0.140. The first-order valence-corrected chi connectivity index (χ1v) is 12.2. The highest BCUT2D eigenvalue weighted by molar-refractivity contribution is 7.90. The number of carbonyl (C=O) groups is 1. The second kappa shape index (κ2) is 8.64. The van der Waals surface area contributed by atoms with Gasteiger partial charge in [0.15, 0.2) is 15.0 Å². The van der Waals surface area contributed by atoms with Crippen molar-refractivity contribution in [1.29, 1.82) is 0 Å². The van der Waals surface area contributed by atoms with Crippen molar-refractivity contribution in [2.24, 2.45) is 0 Å². The van der Waals surface area contributed by atoms with Gasteiger partial charge in [-0.25, -0.2) is 13.4 Å². The van der Waals surface area contributed by atoms with Crippen molar-refractivity contribution in [2.75, 3.05) is 25.4 Å². The monoisotopic (exact) mass is 472 g/mol. The lowest BCUT2D eigenvalue weighted by molar-refractivity contribution is 0.0983. The number of ether oxygens (including phenoxy) is 2. The van der Waals surface area contributed by atoms with Crippen molar-refractivity contribution in [3.05, 3.63) is 66.1 Å². The van der Waals surface area contributed by atoms with E-state index in [2.05, 4.69) is 4.98 Å². The molecule has 2 heterocycles. The molecule has 10 heteroatoms. The summed E-state index contributed by atoms with van der Waals surface area (Å²) in [4.78, 5) is 19.7. The normalized spacial score (nSPS) is 11.5. The molecule has 0 radical (unpaired) electrons. The Hall–Kier alpha value is -3.37. The average Bonchev–Trinajstić information content (AvgIpc) is 3.45. The van der Waals surface area contributed by atoms with Crippen LogP contribution in [-0.4, -0.2) is 39.8 Å². The molecule has 0 spiro atoms. The van der Waals surface area contributed by atoms with E-state index in [4.69, 9.17) is 13.9 Å². The summed E-state index contributed by atoms with van der Waals surface area (Å²) in [7, 11) is -0.253. The molecule has 0 aliphatic carbocycles. The molecule has 0 aliphatic heterocycles. The lowest BCUT2D eigenvalue weighted by atomic mass is 10.2. The van der Waals surface area contributed by atoms with Gasteiger partial charge in [0, 0.05) is 11.8 Å². The smallest absolute Gasteiger partial charge is 0.260 e. The second-order valence-electron chi connectivity index (χ2n) is 6.91. The van der Waals surface area contributed by atoms with Gasteiger partial charge in [0.25, 0.3) is 5.91 Å². The van der Waals surface area contributed by atoms with Crippen LogP contribution in [-0.2, 0) is 16.4 Å². The van der Waals surface area contributed by atoms with Gasteiger partial charge in [0.05, 0.1) is 31.9 Å². The number of aromatic nitrogens is 1. The van der Waals surface area contributed by atoms with Gasteiger partial charge < -0.3 is 13.9 Å². The SMILES string of the molecule is COc1ccc(OC)c2sc(N(Cc3ccco3)C(=O)c3ccc(S(C)(=O)=O)cc3)nc12. The van der Waals surface area contributed by atoms with E-state index in [0.717, 1.165) is 11.0 Å². The Morgan fingerprint density at radius 1 is 1.06 bits per heavy atom. The molecule has 0 saturated heterocycles. The van der Waals surface area contributed by atoms with Gasteiger partial charge in [0.1, 0.15) is 27.5 Å². The number of fused-ring (bicyclic) bond motifs is 1. The number of thiazole rings is 1. The Labute approximate surface area is 188 Å². The first-order valence-electron chi connectivity index (χ1n) is 9.47. The van der Waals surface area contributed by atoms with E-state index in [1.54, 1.807) is 38.5 Å². The molecule has 166 valence electrons. The van der Waals surface area contributed by atoms with E-state index in [1.165, 1.54) is 46.8 Å². The minimum Gasteiger partial charge on any atom is -0.495 e. The number of sulfone groups is 1. The van der Waals surface area contributed by atoms with Crippen LogP contribution in [0.5, 0.6) is 11.5 Å². The van der Waals surface area contributed by atoms with E-state index in [0.29, 0.717) is 33.5 Å². The fraction of sp³-hybridized carbons (Fsp3) is 0.182. The molecule has 0 unspecified atom stereocenters. The van der Waals surface area contributed by atoms with Gasteiger partial charge in [-0.15, -0.1) is 0 Å². The van der Waals surface area contributed by atoms with Crippen LogP contribution in [0.2, 0.25) is 0 Å². The zero-order valence-corrected chi connectivity index (χ0v) is 19.2. The van der Waals surface area contributed by atoms with E-state index < -0.39 is 9.84 Å². The van der Waals surface area contributed by atoms with E-state index in [9.17, 15) is 13.2 Å². The van der Waals surface area contributed by atoms with Gasteiger partial charge in [-0.05, 0) is 48.5 Å². The number of rotatable bonds is 7. The maximum atomic E-state index is 13.5. The Morgan fingerprint density at radius 2 is 1.75 bits per heavy atom. The molecule has 0 N–H and O–H groups in total. The zero-order chi connectivity index (χ0) is 22.9. The number of methoxy groups -OCH3 is 2. The van der Waals surface area contributed by atoms with Gasteiger partial charge in [-0.1, -0.05) is 11.3 Å². The van der Waals surface area contributed by atoms with Gasteiger partial charge in [-0.2, -0.15) is 0 Å². The number of hydrogen-bond acceptors (Lipinski definition) is 8. The van der Waals surface area contributed by atoms with Crippen molar-refractivity contribution in [1.82, 2.24) is 4.98 Å². The van der Waals surface area contributed by atoms with Crippen molar-refractivity contribution in [3.63, 3.8) is 0 Å². The van der Waals surface area contributed by atoms with Crippen molar-refractivity contribution < 1.29 is 27.1 Å². The number of nitrogens with zero attached hydrogens (tertiary/aromatic N) is 2. The standard InChI is InChI=1S/C22H20N2O6S2/c1-28-17-10-11-18(29-2)20-19(17)23-22(31-20)24(13-15-5-4-12-30-15)21(25)14-6-8-16(9-7-14)32(3,26)27/h4-12H,13H2,1-3H3. The molecule has 0 saturated carbocycles. The van der Waals surface area contributed by atoms with Crippen LogP contribution in [0.3, 0.4) is 0 Å². The molecule has 2 aromatic heterocycles. The molecule has 1 amide bonds. The fourth-order valence-corrected chi connectivity index (χ4v) is 4.88. The summed E-state index contributed by atoms with van der Waals surface area (Å²) in [6.07, 6.45) is 2.65. The predicted octanol–water partition coefficient (Wildman–Crippen LogP) is 4.16. The van der Waals surface area contributed by atoms with Crippen molar-refractivity contribution >= 4 is 42.4 Å². The first-order chi connectivity index (χ1) is 15.3. The Bertz CT molecular complexity index is 1320. The summed E-state index contributed by atoms with van der Waals surface area (Å²) >= 11 is 1.29. The third kappa shape index (κ3) is 4.19. The van der Waals surface area contributed by atoms with Gasteiger partial charge in [-0.3, -0.25) is 9.69 Å². The predicted molar refractivity (Wildman–Crippen MR) is 121 cm³/mol. The molecular weight excluding hydrogens is 452 g/mol. The Balaban J connectivity index is 1.80. The summed E-state index contributed by atoms with van der Waals surface area (Å²) in [5.74, 6) is 1.40. The largest absolute Gasteiger partial charge is 0.495 e. The average molecular weight is 473 g/mol. The highest BCUT2D eigenvalue weighted by Crippen LogP contribution is 2.40. The van der Waals surface area contributed by atoms with E-state index in [1.807, 2.05) is 0 Å². The molecule has 8 nitrogen and oxygen atoms in total. The fourth-order valence-electron chi connectivity index (χ4n) is 3.17. The van der Waals surface area contributed by atoms with Crippen LogP contribution >= 0.6 is 11.3 Å². The van der Waals surface area contributed by atoms with Crippen LogP contribution in [0.25, 0.3) is 10.2 Å². The van der Waals surface area contributed by atoms with Gasteiger partial charge >= 0.3 is 0 Å². The number of furan rings is 1.